The Kier molecular flexibility index (Phi) is 1.97. The Hall–Kier alpha value is -1.39. The fourth-order valence-corrected chi connectivity index (χ4v) is 1.81. The van der Waals surface area contributed by atoms with Crippen LogP contribution in [0.1, 0.15) is 37.4 Å². The van der Waals surface area contributed by atoms with Crippen LogP contribution < -0.4 is 4.90 Å². The molecular weight excluding hydrogens is 194 g/mol. The van der Waals surface area contributed by atoms with Gasteiger partial charge >= 0.3 is 6.01 Å². The van der Waals surface area contributed by atoms with Crippen LogP contribution in [-0.4, -0.2) is 29.0 Å². The van der Waals surface area contributed by atoms with Crippen LogP contribution in [0.25, 0.3) is 0 Å². The summed E-state index contributed by atoms with van der Waals surface area (Å²) in [6.45, 7) is 1.43. The molecule has 1 saturated heterocycles. The third-order valence-corrected chi connectivity index (χ3v) is 2.97. The number of carbonyl (C=O) groups excluding carboxylic acids is 1. The summed E-state index contributed by atoms with van der Waals surface area (Å²) >= 11 is 0. The minimum Gasteiger partial charge on any atom is -0.324 e. The molecule has 1 aliphatic heterocycles. The van der Waals surface area contributed by atoms with Crippen molar-refractivity contribution in [1.82, 2.24) is 10.1 Å². The molecule has 2 fully saturated rings. The molecule has 1 aromatic heterocycles. The second-order valence-electron chi connectivity index (χ2n) is 4.24. The van der Waals surface area contributed by atoms with Crippen LogP contribution >= 0.6 is 0 Å². The second-order valence-corrected chi connectivity index (χ2v) is 4.24. The first-order valence-electron chi connectivity index (χ1n) is 5.43. The average molecular weight is 207 g/mol. The summed E-state index contributed by atoms with van der Waals surface area (Å²) in [6, 6.07) is 0.587. The number of hydrogen-bond donors (Lipinski definition) is 0. The van der Waals surface area contributed by atoms with Crippen LogP contribution in [0, 0.1) is 0 Å². The van der Waals surface area contributed by atoms with Gasteiger partial charge in [-0.15, -0.1) is 0 Å². The number of anilines is 1. The van der Waals surface area contributed by atoms with Crippen molar-refractivity contribution in [2.75, 3.05) is 18.0 Å². The van der Waals surface area contributed by atoms with Crippen molar-refractivity contribution in [3.8, 4) is 0 Å². The van der Waals surface area contributed by atoms with Crippen LogP contribution in [0.4, 0.5) is 6.01 Å². The molecule has 5 nitrogen and oxygen atoms in total. The maximum atomic E-state index is 11.1. The summed E-state index contributed by atoms with van der Waals surface area (Å²) in [6.07, 6.45) is 3.55. The lowest BCUT2D eigenvalue weighted by Gasteiger charge is -2.23. The summed E-state index contributed by atoms with van der Waals surface area (Å²) in [5, 5.41) is 3.96. The smallest absolute Gasteiger partial charge is 0.324 e. The molecule has 0 aromatic carbocycles. The average Bonchev–Trinajstić information content (AvgIpc) is 2.99. The Morgan fingerprint density at radius 1 is 1.27 bits per heavy atom. The number of rotatable bonds is 2. The number of aromatic nitrogens is 2. The second kappa shape index (κ2) is 3.32. The summed E-state index contributed by atoms with van der Waals surface area (Å²) in [7, 11) is 0. The SMILES string of the molecule is O=C1CCN(c2nc(C3CC3)no2)CC1. The van der Waals surface area contributed by atoms with Crippen molar-refractivity contribution in [3.05, 3.63) is 5.82 Å². The lowest BCUT2D eigenvalue weighted by atomic mass is 10.1. The van der Waals surface area contributed by atoms with Crippen LogP contribution in [-0.2, 0) is 4.79 Å². The maximum Gasteiger partial charge on any atom is 0.324 e. The molecule has 2 aliphatic rings. The zero-order valence-corrected chi connectivity index (χ0v) is 8.48. The highest BCUT2D eigenvalue weighted by molar-refractivity contribution is 5.80. The molecular formula is C10H13N3O2. The van der Waals surface area contributed by atoms with Gasteiger partial charge in [0.25, 0.3) is 0 Å². The molecule has 1 aromatic rings. The van der Waals surface area contributed by atoms with Crippen molar-refractivity contribution in [2.24, 2.45) is 0 Å². The highest BCUT2D eigenvalue weighted by atomic mass is 16.5. The third kappa shape index (κ3) is 1.73. The predicted molar refractivity (Wildman–Crippen MR) is 52.7 cm³/mol. The number of piperidine rings is 1. The van der Waals surface area contributed by atoms with E-state index in [0.717, 1.165) is 5.82 Å². The van der Waals surface area contributed by atoms with E-state index in [2.05, 4.69) is 10.1 Å². The first-order valence-corrected chi connectivity index (χ1v) is 5.43. The molecule has 80 valence electrons. The van der Waals surface area contributed by atoms with E-state index in [1.54, 1.807) is 0 Å². The number of nitrogens with zero attached hydrogens (tertiary/aromatic N) is 3. The van der Waals surface area contributed by atoms with Gasteiger partial charge in [0.05, 0.1) is 0 Å². The van der Waals surface area contributed by atoms with Gasteiger partial charge in [-0.2, -0.15) is 4.98 Å². The standard InChI is InChI=1S/C10H13N3O2/c14-8-3-5-13(6-4-8)10-11-9(12-15-10)7-1-2-7/h7H,1-6H2. The van der Waals surface area contributed by atoms with E-state index >= 15 is 0 Å². The van der Waals surface area contributed by atoms with E-state index in [-0.39, 0.29) is 0 Å². The van der Waals surface area contributed by atoms with Crippen molar-refractivity contribution >= 4 is 11.8 Å². The van der Waals surface area contributed by atoms with Gasteiger partial charge in [0, 0.05) is 31.8 Å². The molecule has 0 spiro atoms. The molecule has 0 N–H and O–H groups in total. The van der Waals surface area contributed by atoms with Crippen molar-refractivity contribution < 1.29 is 9.32 Å². The molecule has 0 amide bonds. The normalized spacial score (nSPS) is 22.1. The van der Waals surface area contributed by atoms with Gasteiger partial charge in [0.1, 0.15) is 5.78 Å². The molecule has 1 aliphatic carbocycles. The van der Waals surface area contributed by atoms with Crippen molar-refractivity contribution in [3.63, 3.8) is 0 Å². The van der Waals surface area contributed by atoms with Crippen molar-refractivity contribution in [2.45, 2.75) is 31.6 Å². The number of Topliss-reactive ketones (excluding diaryl/α,β-unsaturated/α-hetero) is 1. The fourth-order valence-electron chi connectivity index (χ4n) is 1.81. The Labute approximate surface area is 87.4 Å². The highest BCUT2D eigenvalue weighted by Gasteiger charge is 2.30. The molecule has 0 radical (unpaired) electrons. The molecule has 0 atom stereocenters. The van der Waals surface area contributed by atoms with Gasteiger partial charge in [-0.25, -0.2) is 0 Å². The van der Waals surface area contributed by atoms with E-state index < -0.39 is 0 Å². The summed E-state index contributed by atoms with van der Waals surface area (Å²) in [5.74, 6) is 1.68. The Bertz CT molecular complexity index is 374. The number of ketones is 1. The highest BCUT2D eigenvalue weighted by Crippen LogP contribution is 2.38. The number of carbonyl (C=O) groups is 1. The first kappa shape index (κ1) is 8.88. The predicted octanol–water partition coefficient (Wildman–Crippen LogP) is 1.12. The van der Waals surface area contributed by atoms with Gasteiger partial charge in [-0.1, -0.05) is 5.16 Å². The van der Waals surface area contributed by atoms with Gasteiger partial charge < -0.3 is 9.42 Å². The first-order chi connectivity index (χ1) is 7.33. The minimum atomic E-state index is 0.327. The Morgan fingerprint density at radius 2 is 2.00 bits per heavy atom. The molecule has 3 rings (SSSR count). The lowest BCUT2D eigenvalue weighted by molar-refractivity contribution is -0.119. The van der Waals surface area contributed by atoms with E-state index in [0.29, 0.717) is 43.6 Å². The largest absolute Gasteiger partial charge is 0.324 e. The van der Waals surface area contributed by atoms with Gasteiger partial charge in [0.2, 0.25) is 0 Å². The van der Waals surface area contributed by atoms with Crippen LogP contribution in [0.2, 0.25) is 0 Å². The molecule has 1 saturated carbocycles. The quantitative estimate of drug-likeness (QED) is 0.727. The van der Waals surface area contributed by atoms with E-state index in [4.69, 9.17) is 4.52 Å². The molecule has 2 heterocycles. The van der Waals surface area contributed by atoms with E-state index in [1.807, 2.05) is 4.90 Å². The topological polar surface area (TPSA) is 59.2 Å². The molecule has 0 unspecified atom stereocenters. The minimum absolute atomic E-state index is 0.327. The maximum absolute atomic E-state index is 11.1. The van der Waals surface area contributed by atoms with Crippen LogP contribution in [0.5, 0.6) is 0 Å². The lowest BCUT2D eigenvalue weighted by Crippen LogP contribution is -2.33. The fraction of sp³-hybridized carbons (Fsp3) is 0.700. The van der Waals surface area contributed by atoms with Gasteiger partial charge in [-0.05, 0) is 12.8 Å². The molecule has 0 bridgehead atoms. The Balaban J connectivity index is 1.71. The summed E-state index contributed by atoms with van der Waals surface area (Å²) < 4.78 is 5.19. The molecule has 5 heteroatoms. The van der Waals surface area contributed by atoms with Crippen LogP contribution in [0.15, 0.2) is 4.52 Å². The van der Waals surface area contributed by atoms with Crippen LogP contribution in [0.3, 0.4) is 0 Å². The summed E-state index contributed by atoms with van der Waals surface area (Å²) in [5.41, 5.74) is 0. The van der Waals surface area contributed by atoms with E-state index in [9.17, 15) is 4.79 Å². The van der Waals surface area contributed by atoms with Gasteiger partial charge in [-0.3, -0.25) is 4.79 Å². The molecule has 15 heavy (non-hydrogen) atoms. The van der Waals surface area contributed by atoms with E-state index in [1.165, 1.54) is 12.8 Å². The third-order valence-electron chi connectivity index (χ3n) is 2.97. The monoisotopic (exact) mass is 207 g/mol. The Morgan fingerprint density at radius 3 is 2.67 bits per heavy atom. The zero-order chi connectivity index (χ0) is 10.3. The summed E-state index contributed by atoms with van der Waals surface area (Å²) in [4.78, 5) is 17.4. The number of hydrogen-bond acceptors (Lipinski definition) is 5. The zero-order valence-electron chi connectivity index (χ0n) is 8.48. The van der Waals surface area contributed by atoms with Crippen molar-refractivity contribution in [1.29, 1.82) is 0 Å². The van der Waals surface area contributed by atoms with Gasteiger partial charge in [0.15, 0.2) is 5.82 Å².